The maximum atomic E-state index is 13.6. The van der Waals surface area contributed by atoms with Gasteiger partial charge in [-0.2, -0.15) is 0 Å². The number of aryl methyl sites for hydroxylation is 1. The first kappa shape index (κ1) is 30.7. The predicted octanol–water partition coefficient (Wildman–Crippen LogP) is 5.74. The summed E-state index contributed by atoms with van der Waals surface area (Å²) in [6, 6.07) is 19.7. The number of hydrogen-bond donors (Lipinski definition) is 1. The van der Waals surface area contributed by atoms with Gasteiger partial charge in [-0.3, -0.25) is 9.59 Å². The molecule has 0 bridgehead atoms. The fourth-order valence-corrected chi connectivity index (χ4v) is 5.25. The Bertz CT molecular complexity index is 1430. The third-order valence-corrected chi connectivity index (χ3v) is 7.60. The number of ether oxygens (including phenoxy) is 3. The van der Waals surface area contributed by atoms with E-state index in [1.165, 1.54) is 0 Å². The molecule has 0 radical (unpaired) electrons. The molecule has 42 heavy (non-hydrogen) atoms. The van der Waals surface area contributed by atoms with Crippen LogP contribution in [-0.2, 0) is 16.2 Å². The number of Topliss-reactive ketones (excluding diaryl/α,β-unsaturated/α-hetero) is 1. The Kier molecular flexibility index (Phi) is 10.3. The van der Waals surface area contributed by atoms with Crippen molar-refractivity contribution < 1.29 is 28.9 Å². The summed E-state index contributed by atoms with van der Waals surface area (Å²) in [5.74, 6) is 0.116. The number of ketones is 1. The van der Waals surface area contributed by atoms with Crippen molar-refractivity contribution in [1.29, 1.82) is 0 Å². The Morgan fingerprint density at radius 1 is 0.929 bits per heavy atom. The van der Waals surface area contributed by atoms with Gasteiger partial charge in [0, 0.05) is 18.7 Å². The number of likely N-dealkylation sites (N-methyl/N-ethyl adjacent to an activating group) is 1. The molecule has 1 saturated heterocycles. The predicted molar refractivity (Wildman–Crippen MR) is 163 cm³/mol. The number of carbonyl (C=O) groups is 2. The molecule has 8 heteroatoms. The van der Waals surface area contributed by atoms with E-state index in [0.717, 1.165) is 24.2 Å². The summed E-state index contributed by atoms with van der Waals surface area (Å²) in [7, 11) is 1.55. The Labute approximate surface area is 248 Å². The molecule has 0 saturated carbocycles. The molecule has 1 heterocycles. The number of likely N-dealkylation sites (tertiary alicyclic amines) is 1. The van der Waals surface area contributed by atoms with Gasteiger partial charge in [-0.15, -0.1) is 0 Å². The lowest BCUT2D eigenvalue weighted by Gasteiger charge is -2.28. The summed E-state index contributed by atoms with van der Waals surface area (Å²) in [5.41, 5.74) is 2.92. The van der Waals surface area contributed by atoms with Gasteiger partial charge < -0.3 is 29.1 Å². The van der Waals surface area contributed by atoms with E-state index in [1.807, 2.05) is 56.3 Å². The van der Waals surface area contributed by atoms with Gasteiger partial charge in [0.05, 0.1) is 25.3 Å². The molecule has 1 amide bonds. The number of carbonyl (C=O) groups excluding carboxylic acids is 2. The average molecular weight is 573 g/mol. The van der Waals surface area contributed by atoms with Gasteiger partial charge in [0.15, 0.2) is 11.5 Å². The average Bonchev–Trinajstić information content (AvgIpc) is 3.26. The Morgan fingerprint density at radius 2 is 1.67 bits per heavy atom. The zero-order valence-electron chi connectivity index (χ0n) is 25.1. The summed E-state index contributed by atoms with van der Waals surface area (Å²) < 4.78 is 17.2. The van der Waals surface area contributed by atoms with E-state index in [1.54, 1.807) is 36.3 Å². The number of nitrogens with zero attached hydrogens (tertiary/aromatic N) is 2. The van der Waals surface area contributed by atoms with Crippen LogP contribution in [0.3, 0.4) is 0 Å². The molecule has 3 aromatic rings. The molecule has 1 N–H and O–H groups in total. The lowest BCUT2D eigenvalue weighted by Crippen LogP contribution is -2.38. The number of amides is 1. The summed E-state index contributed by atoms with van der Waals surface area (Å²) in [5, 5.41) is 11.6. The fourth-order valence-electron chi connectivity index (χ4n) is 5.25. The summed E-state index contributed by atoms with van der Waals surface area (Å²) in [6.07, 6.45) is 0. The molecule has 1 aliphatic heterocycles. The van der Waals surface area contributed by atoms with Crippen molar-refractivity contribution in [2.24, 2.45) is 0 Å². The molecule has 4 rings (SSSR count). The third-order valence-electron chi connectivity index (χ3n) is 7.60. The van der Waals surface area contributed by atoms with Crippen LogP contribution in [0.25, 0.3) is 5.76 Å². The number of rotatable bonds is 13. The van der Waals surface area contributed by atoms with Gasteiger partial charge in [-0.1, -0.05) is 50.2 Å². The first-order chi connectivity index (χ1) is 20.3. The normalized spacial score (nSPS) is 16.2. The zero-order chi connectivity index (χ0) is 30.2. The number of aliphatic hydroxyl groups excluding tert-OH is 1. The second kappa shape index (κ2) is 14.0. The molecule has 1 fully saturated rings. The van der Waals surface area contributed by atoms with Crippen molar-refractivity contribution >= 4 is 17.4 Å². The Morgan fingerprint density at radius 3 is 2.31 bits per heavy atom. The SMILES string of the molecule is CCOc1ccc([C@H]2C(=C(O)c3ccc(OCc4ccccc4)cc3C)C(=O)C(=O)N2CCN(CC)CC)cc1OC. The summed E-state index contributed by atoms with van der Waals surface area (Å²) in [6.45, 7) is 11.3. The van der Waals surface area contributed by atoms with E-state index in [0.29, 0.717) is 54.7 Å². The minimum atomic E-state index is -0.793. The largest absolute Gasteiger partial charge is 0.507 e. The van der Waals surface area contributed by atoms with Gasteiger partial charge in [0.2, 0.25) is 0 Å². The highest BCUT2D eigenvalue weighted by Gasteiger charge is 2.46. The maximum absolute atomic E-state index is 13.6. The van der Waals surface area contributed by atoms with Gasteiger partial charge in [0.1, 0.15) is 18.1 Å². The Hall–Kier alpha value is -4.30. The zero-order valence-corrected chi connectivity index (χ0v) is 25.1. The van der Waals surface area contributed by atoms with E-state index < -0.39 is 17.7 Å². The quantitative estimate of drug-likeness (QED) is 0.159. The number of methoxy groups -OCH3 is 1. The molecule has 8 nitrogen and oxygen atoms in total. The maximum Gasteiger partial charge on any atom is 0.295 e. The molecule has 3 aromatic carbocycles. The molecular weight excluding hydrogens is 532 g/mol. The molecular formula is C34H40N2O6. The standard InChI is InChI=1S/C34H40N2O6/c1-6-35(7-2)18-19-36-31(25-14-17-28(41-8-3)29(21-25)40-5)30(33(38)34(36)39)32(37)27-16-15-26(20-23(27)4)42-22-24-12-10-9-11-13-24/h9-17,20-21,31,37H,6-8,18-19,22H2,1-5H3/t31-/m0/s1. The highest BCUT2D eigenvalue weighted by molar-refractivity contribution is 6.46. The number of benzene rings is 3. The summed E-state index contributed by atoms with van der Waals surface area (Å²) >= 11 is 0. The van der Waals surface area contributed by atoms with Gasteiger partial charge >= 0.3 is 0 Å². The molecule has 0 spiro atoms. The van der Waals surface area contributed by atoms with Crippen molar-refractivity contribution in [3.8, 4) is 17.2 Å². The van der Waals surface area contributed by atoms with E-state index in [2.05, 4.69) is 18.7 Å². The van der Waals surface area contributed by atoms with Crippen LogP contribution in [0.5, 0.6) is 17.2 Å². The van der Waals surface area contributed by atoms with E-state index in [4.69, 9.17) is 14.2 Å². The molecule has 1 atom stereocenters. The lowest BCUT2D eigenvalue weighted by molar-refractivity contribution is -0.140. The lowest BCUT2D eigenvalue weighted by atomic mass is 9.93. The first-order valence-electron chi connectivity index (χ1n) is 14.4. The fraction of sp³-hybridized carbons (Fsp3) is 0.353. The van der Waals surface area contributed by atoms with Crippen molar-refractivity contribution in [1.82, 2.24) is 9.80 Å². The highest BCUT2D eigenvalue weighted by Crippen LogP contribution is 2.42. The van der Waals surface area contributed by atoms with Crippen molar-refractivity contribution in [3.05, 3.63) is 94.6 Å². The van der Waals surface area contributed by atoms with Crippen molar-refractivity contribution in [2.75, 3.05) is 39.9 Å². The highest BCUT2D eigenvalue weighted by atomic mass is 16.5. The van der Waals surface area contributed by atoms with Gasteiger partial charge in [-0.25, -0.2) is 0 Å². The van der Waals surface area contributed by atoms with Crippen LogP contribution in [0.15, 0.2) is 72.3 Å². The van der Waals surface area contributed by atoms with Crippen molar-refractivity contribution in [3.63, 3.8) is 0 Å². The van der Waals surface area contributed by atoms with Crippen LogP contribution < -0.4 is 14.2 Å². The molecule has 0 aliphatic carbocycles. The molecule has 0 aromatic heterocycles. The van der Waals surface area contributed by atoms with Crippen LogP contribution in [0.4, 0.5) is 0 Å². The van der Waals surface area contributed by atoms with Crippen LogP contribution in [0.2, 0.25) is 0 Å². The van der Waals surface area contributed by atoms with Gasteiger partial charge in [0.25, 0.3) is 11.7 Å². The number of hydrogen-bond acceptors (Lipinski definition) is 7. The topological polar surface area (TPSA) is 88.5 Å². The monoisotopic (exact) mass is 572 g/mol. The van der Waals surface area contributed by atoms with E-state index in [-0.39, 0.29) is 11.3 Å². The Balaban J connectivity index is 1.74. The summed E-state index contributed by atoms with van der Waals surface area (Å²) in [4.78, 5) is 30.7. The minimum Gasteiger partial charge on any atom is -0.507 e. The minimum absolute atomic E-state index is 0.0480. The second-order valence-corrected chi connectivity index (χ2v) is 10.1. The number of aliphatic hydroxyl groups is 1. The molecule has 222 valence electrons. The van der Waals surface area contributed by atoms with Crippen molar-refractivity contribution in [2.45, 2.75) is 40.3 Å². The van der Waals surface area contributed by atoms with Crippen LogP contribution in [0, 0.1) is 6.92 Å². The first-order valence-corrected chi connectivity index (χ1v) is 14.4. The molecule has 0 unspecified atom stereocenters. The van der Waals surface area contributed by atoms with Gasteiger partial charge in [-0.05, 0) is 74.0 Å². The smallest absolute Gasteiger partial charge is 0.295 e. The second-order valence-electron chi connectivity index (χ2n) is 10.1. The van der Waals surface area contributed by atoms with E-state index in [9.17, 15) is 14.7 Å². The third kappa shape index (κ3) is 6.60. The van der Waals surface area contributed by atoms with Crippen LogP contribution in [-0.4, -0.2) is 66.5 Å². The molecule has 1 aliphatic rings. The van der Waals surface area contributed by atoms with Crippen LogP contribution >= 0.6 is 0 Å². The van der Waals surface area contributed by atoms with Crippen LogP contribution in [0.1, 0.15) is 49.1 Å². The van der Waals surface area contributed by atoms with E-state index >= 15 is 0 Å².